The van der Waals surface area contributed by atoms with E-state index in [9.17, 15) is 8.42 Å². The first-order chi connectivity index (χ1) is 13.4. The third kappa shape index (κ3) is 6.17. The fourth-order valence-corrected chi connectivity index (χ4v) is 4.29. The highest BCUT2D eigenvalue weighted by molar-refractivity contribution is 7.89. The lowest BCUT2D eigenvalue weighted by Gasteiger charge is -2.29. The summed E-state index contributed by atoms with van der Waals surface area (Å²) in [6.07, 6.45) is 4.73. The van der Waals surface area contributed by atoms with Crippen molar-refractivity contribution in [2.45, 2.75) is 49.2 Å². The van der Waals surface area contributed by atoms with Crippen LogP contribution in [0.25, 0.3) is 11.1 Å². The van der Waals surface area contributed by atoms with Crippen molar-refractivity contribution < 1.29 is 13.2 Å². The van der Waals surface area contributed by atoms with Gasteiger partial charge in [-0.1, -0.05) is 18.2 Å². The van der Waals surface area contributed by atoms with E-state index in [1.54, 1.807) is 19.2 Å². The van der Waals surface area contributed by atoms with E-state index >= 15 is 0 Å². The highest BCUT2D eigenvalue weighted by atomic mass is 35.5. The minimum absolute atomic E-state index is 0. The van der Waals surface area contributed by atoms with Crippen molar-refractivity contribution in [1.29, 1.82) is 0 Å². The number of rotatable bonds is 7. The molecule has 2 aromatic rings. The number of nitrogens with two attached hydrogens (primary N) is 1. The van der Waals surface area contributed by atoms with E-state index in [1.165, 1.54) is 37.8 Å². The molecule has 0 aliphatic heterocycles. The summed E-state index contributed by atoms with van der Waals surface area (Å²) in [7, 11) is 0.0280. The number of hydrogen-bond acceptors (Lipinski definition) is 5. The average Bonchev–Trinajstić information content (AvgIpc) is 2.72. The molecule has 0 atom stereocenters. The summed E-state index contributed by atoms with van der Waals surface area (Å²) in [6.45, 7) is 0.737. The normalized spacial score (nSPS) is 19.4. The molecule has 0 saturated heterocycles. The minimum atomic E-state index is -3.68. The number of methoxy groups -OCH3 is 1. The van der Waals surface area contributed by atoms with Crippen molar-refractivity contribution in [2.75, 3.05) is 14.2 Å². The van der Waals surface area contributed by atoms with Gasteiger partial charge < -0.3 is 15.4 Å². The molecule has 0 heterocycles. The molecular formula is C21H30ClN3O3S. The average molecular weight is 440 g/mol. The van der Waals surface area contributed by atoms with Crippen molar-refractivity contribution in [2.24, 2.45) is 5.14 Å². The molecule has 0 radical (unpaired) electrons. The fourth-order valence-electron chi connectivity index (χ4n) is 3.77. The van der Waals surface area contributed by atoms with Gasteiger partial charge in [-0.05, 0) is 68.1 Å². The highest BCUT2D eigenvalue weighted by Gasteiger charge is 2.20. The Hall–Kier alpha value is -1.64. The SMILES string of the molecule is CNC1CCC(NCc2cc(-c3ccc(S(N)(=O)=O)cc3)ccc2OC)CC1.Cl. The second kappa shape index (κ2) is 10.4. The highest BCUT2D eigenvalue weighted by Crippen LogP contribution is 2.28. The molecule has 160 valence electrons. The van der Waals surface area contributed by atoms with Gasteiger partial charge in [0.25, 0.3) is 0 Å². The summed E-state index contributed by atoms with van der Waals surface area (Å²) in [6, 6.07) is 13.8. The monoisotopic (exact) mass is 439 g/mol. The van der Waals surface area contributed by atoms with Crippen molar-refractivity contribution in [3.63, 3.8) is 0 Å². The van der Waals surface area contributed by atoms with Gasteiger partial charge in [-0.3, -0.25) is 0 Å². The Balaban J connectivity index is 0.00000300. The van der Waals surface area contributed by atoms with E-state index in [1.807, 2.05) is 19.2 Å². The molecule has 4 N–H and O–H groups in total. The number of benzene rings is 2. The third-order valence-electron chi connectivity index (χ3n) is 5.51. The van der Waals surface area contributed by atoms with Crippen LogP contribution >= 0.6 is 12.4 Å². The van der Waals surface area contributed by atoms with Crippen LogP contribution in [0, 0.1) is 0 Å². The number of hydrogen-bond donors (Lipinski definition) is 3. The molecule has 6 nitrogen and oxygen atoms in total. The quantitative estimate of drug-likeness (QED) is 0.616. The lowest BCUT2D eigenvalue weighted by atomic mass is 9.91. The van der Waals surface area contributed by atoms with Gasteiger partial charge in [0.2, 0.25) is 10.0 Å². The zero-order valence-corrected chi connectivity index (χ0v) is 18.5. The Morgan fingerprint density at radius 3 is 2.14 bits per heavy atom. The summed E-state index contributed by atoms with van der Waals surface area (Å²) in [4.78, 5) is 0.115. The molecule has 0 aromatic heterocycles. The topological polar surface area (TPSA) is 93.5 Å². The maximum Gasteiger partial charge on any atom is 0.238 e. The first kappa shape index (κ1) is 23.6. The number of halogens is 1. The molecule has 2 aromatic carbocycles. The van der Waals surface area contributed by atoms with Crippen molar-refractivity contribution >= 4 is 22.4 Å². The van der Waals surface area contributed by atoms with Gasteiger partial charge in [-0.2, -0.15) is 0 Å². The first-order valence-corrected chi connectivity index (χ1v) is 11.2. The lowest BCUT2D eigenvalue weighted by Crippen LogP contribution is -2.38. The molecular weight excluding hydrogens is 410 g/mol. The minimum Gasteiger partial charge on any atom is -0.496 e. The number of nitrogens with one attached hydrogen (secondary N) is 2. The molecule has 0 unspecified atom stereocenters. The fraction of sp³-hybridized carbons (Fsp3) is 0.429. The van der Waals surface area contributed by atoms with Crippen molar-refractivity contribution in [3.05, 3.63) is 48.0 Å². The van der Waals surface area contributed by atoms with Crippen LogP contribution < -0.4 is 20.5 Å². The molecule has 1 aliphatic carbocycles. The van der Waals surface area contributed by atoms with Crippen LogP contribution in [0.1, 0.15) is 31.2 Å². The lowest BCUT2D eigenvalue weighted by molar-refractivity contribution is 0.315. The van der Waals surface area contributed by atoms with Crippen LogP contribution in [0.2, 0.25) is 0 Å². The number of primary sulfonamides is 1. The molecule has 0 spiro atoms. The number of sulfonamides is 1. The summed E-state index contributed by atoms with van der Waals surface area (Å²) in [5, 5.41) is 12.2. The zero-order chi connectivity index (χ0) is 20.1. The van der Waals surface area contributed by atoms with Crippen molar-refractivity contribution in [3.8, 4) is 16.9 Å². The molecule has 0 amide bonds. The Morgan fingerprint density at radius 2 is 1.59 bits per heavy atom. The second-order valence-electron chi connectivity index (χ2n) is 7.31. The Bertz CT molecular complexity index is 896. The van der Waals surface area contributed by atoms with E-state index in [0.29, 0.717) is 12.1 Å². The van der Waals surface area contributed by atoms with E-state index in [2.05, 4.69) is 16.7 Å². The maximum absolute atomic E-state index is 11.4. The molecule has 1 saturated carbocycles. The Kier molecular flexibility index (Phi) is 8.48. The number of ether oxygens (including phenoxy) is 1. The largest absolute Gasteiger partial charge is 0.496 e. The smallest absolute Gasteiger partial charge is 0.238 e. The van der Waals surface area contributed by atoms with Gasteiger partial charge >= 0.3 is 0 Å². The zero-order valence-electron chi connectivity index (χ0n) is 16.9. The predicted octanol–water partition coefficient (Wildman–Crippen LogP) is 3.05. The van der Waals surface area contributed by atoms with E-state index in [4.69, 9.17) is 9.88 Å². The molecule has 3 rings (SSSR count). The van der Waals surface area contributed by atoms with Gasteiger partial charge in [0, 0.05) is 24.2 Å². The predicted molar refractivity (Wildman–Crippen MR) is 119 cm³/mol. The van der Waals surface area contributed by atoms with Crippen LogP contribution in [-0.2, 0) is 16.6 Å². The second-order valence-corrected chi connectivity index (χ2v) is 8.88. The maximum atomic E-state index is 11.4. The van der Waals surface area contributed by atoms with E-state index < -0.39 is 10.0 Å². The summed E-state index contributed by atoms with van der Waals surface area (Å²) in [5.41, 5.74) is 3.04. The van der Waals surface area contributed by atoms with Crippen molar-refractivity contribution in [1.82, 2.24) is 10.6 Å². The summed E-state index contributed by atoms with van der Waals surface area (Å²) < 4.78 is 28.4. The Morgan fingerprint density at radius 1 is 1.00 bits per heavy atom. The summed E-state index contributed by atoms with van der Waals surface area (Å²) in [5.74, 6) is 0.848. The summed E-state index contributed by atoms with van der Waals surface area (Å²) >= 11 is 0. The van der Waals surface area contributed by atoms with Gasteiger partial charge in [0.05, 0.1) is 12.0 Å². The van der Waals surface area contributed by atoms with Gasteiger partial charge in [-0.15, -0.1) is 12.4 Å². The first-order valence-electron chi connectivity index (χ1n) is 9.61. The van der Waals surface area contributed by atoms with Crippen LogP contribution in [0.3, 0.4) is 0 Å². The molecule has 0 bridgehead atoms. The standard InChI is InChI=1S/C21H29N3O3S.ClH/c1-23-18-6-8-19(9-7-18)24-14-17-13-16(5-12-21(17)27-2)15-3-10-20(11-4-15)28(22,25)26;/h3-5,10-13,18-19,23-24H,6-9,14H2,1-2H3,(H2,22,25,26);1H. The van der Waals surface area contributed by atoms with Crippen LogP contribution in [0.4, 0.5) is 0 Å². The van der Waals surface area contributed by atoms with Gasteiger partial charge in [-0.25, -0.2) is 13.6 Å². The van der Waals surface area contributed by atoms with E-state index in [0.717, 1.165) is 29.0 Å². The molecule has 1 aliphatic rings. The molecule has 8 heteroatoms. The van der Waals surface area contributed by atoms with E-state index in [-0.39, 0.29) is 17.3 Å². The van der Waals surface area contributed by atoms with Gasteiger partial charge in [0.1, 0.15) is 5.75 Å². The van der Waals surface area contributed by atoms with Crippen LogP contribution in [0.15, 0.2) is 47.4 Å². The molecule has 1 fully saturated rings. The van der Waals surface area contributed by atoms with Gasteiger partial charge in [0.15, 0.2) is 0 Å². The van der Waals surface area contributed by atoms with Crippen LogP contribution in [-0.4, -0.2) is 34.7 Å². The van der Waals surface area contributed by atoms with Crippen LogP contribution in [0.5, 0.6) is 5.75 Å². The Labute approximate surface area is 179 Å². The molecule has 29 heavy (non-hydrogen) atoms. The third-order valence-corrected chi connectivity index (χ3v) is 6.44.